The lowest BCUT2D eigenvalue weighted by atomic mass is 10.1. The van der Waals surface area contributed by atoms with Crippen LogP contribution in [-0.4, -0.2) is 5.91 Å². The number of halogens is 1. The normalized spacial score (nSPS) is 10.1. The minimum Gasteiger partial charge on any atom is -0.398 e. The molecule has 0 bridgehead atoms. The number of carbonyl (C=O) groups excluding carboxylic acids is 1. The van der Waals surface area contributed by atoms with Crippen molar-refractivity contribution in [2.75, 3.05) is 11.1 Å². The number of nitrogens with one attached hydrogen (secondary N) is 1. The van der Waals surface area contributed by atoms with Crippen LogP contribution >= 0.6 is 11.6 Å². The number of amides is 1. The van der Waals surface area contributed by atoms with Gasteiger partial charge in [0.2, 0.25) is 0 Å². The van der Waals surface area contributed by atoms with Crippen LogP contribution in [0.15, 0.2) is 42.5 Å². The quantitative estimate of drug-likeness (QED) is 0.812. The lowest BCUT2D eigenvalue weighted by Crippen LogP contribution is -2.12. The van der Waals surface area contributed by atoms with E-state index in [9.17, 15) is 4.79 Å². The molecular weight excluding hydrogens is 248 g/mol. The first-order valence-electron chi connectivity index (χ1n) is 5.49. The fourth-order valence-corrected chi connectivity index (χ4v) is 1.77. The molecule has 0 radical (unpaired) electrons. The molecule has 3 N–H and O–H groups in total. The number of benzene rings is 2. The maximum atomic E-state index is 12.0. The molecule has 0 heterocycles. The Kier molecular flexibility index (Phi) is 3.53. The Morgan fingerprint density at radius 3 is 2.67 bits per heavy atom. The molecule has 2 aromatic carbocycles. The summed E-state index contributed by atoms with van der Waals surface area (Å²) in [6, 6.07) is 12.4. The Hall–Kier alpha value is -2.00. The van der Waals surface area contributed by atoms with Gasteiger partial charge in [-0.25, -0.2) is 0 Å². The van der Waals surface area contributed by atoms with E-state index in [2.05, 4.69) is 5.32 Å². The number of nitrogen functional groups attached to an aromatic ring is 1. The number of rotatable bonds is 2. The van der Waals surface area contributed by atoms with Crippen molar-refractivity contribution < 1.29 is 4.79 Å². The molecule has 2 aromatic rings. The molecule has 0 unspecified atom stereocenters. The monoisotopic (exact) mass is 260 g/mol. The molecule has 0 aliphatic heterocycles. The van der Waals surface area contributed by atoms with Crippen molar-refractivity contribution in [3.63, 3.8) is 0 Å². The third-order valence-corrected chi connectivity index (χ3v) is 2.87. The summed E-state index contributed by atoms with van der Waals surface area (Å²) in [5.74, 6) is -0.206. The third-order valence-electron chi connectivity index (χ3n) is 2.54. The second-order valence-corrected chi connectivity index (χ2v) is 4.47. The van der Waals surface area contributed by atoms with Gasteiger partial charge in [-0.15, -0.1) is 0 Å². The Balaban J connectivity index is 2.19. The molecule has 0 aromatic heterocycles. The van der Waals surface area contributed by atoms with Gasteiger partial charge < -0.3 is 11.1 Å². The number of nitrogens with two attached hydrogens (primary N) is 1. The van der Waals surface area contributed by atoms with E-state index in [-0.39, 0.29) is 5.91 Å². The van der Waals surface area contributed by atoms with Crippen molar-refractivity contribution in [3.8, 4) is 0 Å². The molecular formula is C14H13ClN2O. The van der Waals surface area contributed by atoms with Crippen LogP contribution < -0.4 is 11.1 Å². The van der Waals surface area contributed by atoms with E-state index in [0.717, 1.165) is 11.3 Å². The van der Waals surface area contributed by atoms with Crippen LogP contribution in [0.1, 0.15) is 15.9 Å². The highest BCUT2D eigenvalue weighted by atomic mass is 35.5. The first kappa shape index (κ1) is 12.5. The summed E-state index contributed by atoms with van der Waals surface area (Å²) in [6.45, 7) is 1.97. The largest absolute Gasteiger partial charge is 0.398 e. The summed E-state index contributed by atoms with van der Waals surface area (Å²) in [5, 5.41) is 3.19. The van der Waals surface area contributed by atoms with Crippen molar-refractivity contribution in [2.45, 2.75) is 6.92 Å². The fourth-order valence-electron chi connectivity index (χ4n) is 1.59. The average Bonchev–Trinajstić information content (AvgIpc) is 2.32. The zero-order chi connectivity index (χ0) is 13.1. The van der Waals surface area contributed by atoms with Crippen molar-refractivity contribution in [3.05, 3.63) is 58.6 Å². The zero-order valence-corrected chi connectivity index (χ0v) is 10.7. The molecule has 1 amide bonds. The molecule has 0 spiro atoms. The summed E-state index contributed by atoms with van der Waals surface area (Å²) in [4.78, 5) is 12.0. The maximum Gasteiger partial charge on any atom is 0.255 e. The Bertz CT molecular complexity index is 596. The molecule has 4 heteroatoms. The van der Waals surface area contributed by atoms with Crippen molar-refractivity contribution in [1.82, 2.24) is 0 Å². The van der Waals surface area contributed by atoms with Crippen molar-refractivity contribution in [2.24, 2.45) is 0 Å². The van der Waals surface area contributed by atoms with Crippen LogP contribution in [-0.2, 0) is 0 Å². The van der Waals surface area contributed by atoms with Gasteiger partial charge >= 0.3 is 0 Å². The molecule has 0 saturated carbocycles. The predicted octanol–water partition coefficient (Wildman–Crippen LogP) is 3.48. The molecule has 3 nitrogen and oxygen atoms in total. The first-order chi connectivity index (χ1) is 8.56. The molecule has 18 heavy (non-hydrogen) atoms. The Labute approximate surface area is 111 Å². The molecule has 0 aliphatic carbocycles. The van der Waals surface area contributed by atoms with E-state index in [1.807, 2.05) is 31.2 Å². The van der Waals surface area contributed by atoms with Crippen LogP contribution in [0.4, 0.5) is 11.4 Å². The standard InChI is InChI=1S/C14H13ClN2O/c1-9-3-2-4-11(7-9)17-14(18)10-5-6-13(16)12(15)8-10/h2-8H,16H2,1H3,(H,17,18). The highest BCUT2D eigenvalue weighted by molar-refractivity contribution is 6.33. The van der Waals surface area contributed by atoms with Gasteiger partial charge in [-0.1, -0.05) is 23.7 Å². The van der Waals surface area contributed by atoms with Gasteiger partial charge in [0.15, 0.2) is 0 Å². The minimum absolute atomic E-state index is 0.206. The number of hydrogen-bond acceptors (Lipinski definition) is 2. The molecule has 92 valence electrons. The number of aryl methyl sites for hydroxylation is 1. The van der Waals surface area contributed by atoms with E-state index in [0.29, 0.717) is 16.3 Å². The second-order valence-electron chi connectivity index (χ2n) is 4.06. The summed E-state index contributed by atoms with van der Waals surface area (Å²) < 4.78 is 0. The summed E-state index contributed by atoms with van der Waals surface area (Å²) in [5.41, 5.74) is 8.39. The highest BCUT2D eigenvalue weighted by Gasteiger charge is 2.07. The van der Waals surface area contributed by atoms with E-state index in [4.69, 9.17) is 17.3 Å². The topological polar surface area (TPSA) is 55.1 Å². The number of carbonyl (C=O) groups is 1. The van der Waals surface area contributed by atoms with Crippen LogP contribution in [0.25, 0.3) is 0 Å². The van der Waals surface area contributed by atoms with E-state index < -0.39 is 0 Å². The molecule has 2 rings (SSSR count). The Morgan fingerprint density at radius 1 is 1.22 bits per heavy atom. The minimum atomic E-state index is -0.206. The van der Waals surface area contributed by atoms with Gasteiger partial charge in [-0.05, 0) is 42.8 Å². The van der Waals surface area contributed by atoms with E-state index in [1.165, 1.54) is 0 Å². The molecule has 0 aliphatic rings. The van der Waals surface area contributed by atoms with Gasteiger partial charge in [0.25, 0.3) is 5.91 Å². The van der Waals surface area contributed by atoms with Crippen LogP contribution in [0.3, 0.4) is 0 Å². The summed E-state index contributed by atoms with van der Waals surface area (Å²) >= 11 is 5.88. The van der Waals surface area contributed by atoms with Gasteiger partial charge in [0.1, 0.15) is 0 Å². The first-order valence-corrected chi connectivity index (χ1v) is 5.87. The fraction of sp³-hybridized carbons (Fsp3) is 0.0714. The zero-order valence-electron chi connectivity index (χ0n) is 9.91. The van der Waals surface area contributed by atoms with Gasteiger partial charge in [0, 0.05) is 11.3 Å². The van der Waals surface area contributed by atoms with Crippen molar-refractivity contribution >= 4 is 28.9 Å². The number of anilines is 2. The van der Waals surface area contributed by atoms with E-state index >= 15 is 0 Å². The molecule has 0 fully saturated rings. The lowest BCUT2D eigenvalue weighted by molar-refractivity contribution is 0.102. The average molecular weight is 261 g/mol. The predicted molar refractivity (Wildman–Crippen MR) is 75.0 cm³/mol. The van der Waals surface area contributed by atoms with E-state index in [1.54, 1.807) is 18.2 Å². The smallest absolute Gasteiger partial charge is 0.255 e. The lowest BCUT2D eigenvalue weighted by Gasteiger charge is -2.07. The molecule has 0 atom stereocenters. The van der Waals surface area contributed by atoms with Crippen LogP contribution in [0.5, 0.6) is 0 Å². The highest BCUT2D eigenvalue weighted by Crippen LogP contribution is 2.20. The summed E-state index contributed by atoms with van der Waals surface area (Å²) in [7, 11) is 0. The SMILES string of the molecule is Cc1cccc(NC(=O)c2ccc(N)c(Cl)c2)c1. The van der Waals surface area contributed by atoms with Gasteiger partial charge in [-0.3, -0.25) is 4.79 Å². The van der Waals surface area contributed by atoms with Gasteiger partial charge in [-0.2, -0.15) is 0 Å². The Morgan fingerprint density at radius 2 is 2.00 bits per heavy atom. The second kappa shape index (κ2) is 5.10. The third kappa shape index (κ3) is 2.81. The van der Waals surface area contributed by atoms with Crippen LogP contribution in [0.2, 0.25) is 5.02 Å². The molecule has 0 saturated heterocycles. The van der Waals surface area contributed by atoms with Gasteiger partial charge in [0.05, 0.1) is 10.7 Å². The number of hydrogen-bond donors (Lipinski definition) is 2. The summed E-state index contributed by atoms with van der Waals surface area (Å²) in [6.07, 6.45) is 0. The van der Waals surface area contributed by atoms with Crippen molar-refractivity contribution in [1.29, 1.82) is 0 Å². The van der Waals surface area contributed by atoms with Crippen LogP contribution in [0, 0.1) is 6.92 Å². The maximum absolute atomic E-state index is 12.0.